The van der Waals surface area contributed by atoms with E-state index in [1.165, 1.54) is 30.1 Å². The van der Waals surface area contributed by atoms with E-state index in [-0.39, 0.29) is 0 Å². The highest BCUT2D eigenvalue weighted by molar-refractivity contribution is 7.27. The summed E-state index contributed by atoms with van der Waals surface area (Å²) in [6.45, 7) is 9.23. The average Bonchev–Trinajstić information content (AvgIpc) is 3.47. The third kappa shape index (κ3) is 6.29. The Labute approximate surface area is 199 Å². The van der Waals surface area contributed by atoms with Crippen LogP contribution in [0.3, 0.4) is 0 Å². The van der Waals surface area contributed by atoms with Crippen LogP contribution in [0.15, 0.2) is 18.2 Å². The number of rotatable bonds is 10. The van der Waals surface area contributed by atoms with Crippen LogP contribution in [0.4, 0.5) is 23.5 Å². The summed E-state index contributed by atoms with van der Waals surface area (Å²) in [6, 6.07) is 6.78. The smallest absolute Gasteiger partial charge is 0.246 e. The van der Waals surface area contributed by atoms with Crippen molar-refractivity contribution >= 4 is 38.1 Å². The van der Waals surface area contributed by atoms with Crippen LogP contribution in [0.5, 0.6) is 0 Å². The molecule has 0 bridgehead atoms. The minimum absolute atomic E-state index is 0.425. The summed E-state index contributed by atoms with van der Waals surface area (Å²) in [4.78, 5) is 16.4. The molecule has 33 heavy (non-hydrogen) atoms. The summed E-state index contributed by atoms with van der Waals surface area (Å²) in [7, 11) is 2.83. The van der Waals surface area contributed by atoms with Crippen LogP contribution in [0.25, 0.3) is 0 Å². The molecule has 0 spiro atoms. The van der Waals surface area contributed by atoms with E-state index < -0.39 is 0 Å². The minimum atomic E-state index is 0.425. The van der Waals surface area contributed by atoms with E-state index in [1.54, 1.807) is 5.01 Å². The van der Waals surface area contributed by atoms with Gasteiger partial charge in [0.05, 0.1) is 6.54 Å². The molecule has 0 amide bonds. The summed E-state index contributed by atoms with van der Waals surface area (Å²) < 4.78 is 0. The molecule has 2 saturated heterocycles. The van der Waals surface area contributed by atoms with Crippen molar-refractivity contribution in [1.29, 1.82) is 0 Å². The molecular weight excluding hydrogens is 433 g/mol. The summed E-state index contributed by atoms with van der Waals surface area (Å²) in [6.07, 6.45) is 6.90. The Morgan fingerprint density at radius 1 is 1.09 bits per heavy atom. The Morgan fingerprint density at radius 3 is 2.61 bits per heavy atom. The molecule has 2 unspecified atom stereocenters. The van der Waals surface area contributed by atoms with E-state index in [2.05, 4.69) is 76.9 Å². The predicted molar refractivity (Wildman–Crippen MR) is 139 cm³/mol. The Hall–Kier alpha value is -2.06. The van der Waals surface area contributed by atoms with Crippen molar-refractivity contribution < 1.29 is 0 Å². The number of benzene rings is 1. The Bertz CT molecular complexity index is 919. The van der Waals surface area contributed by atoms with Gasteiger partial charge in [-0.3, -0.25) is 15.3 Å². The molecule has 2 aromatic rings. The summed E-state index contributed by atoms with van der Waals surface area (Å²) in [5, 5.41) is 8.37. The van der Waals surface area contributed by atoms with Gasteiger partial charge in [0, 0.05) is 24.8 Å². The first-order valence-electron chi connectivity index (χ1n) is 12.2. The zero-order valence-corrected chi connectivity index (χ0v) is 21.1. The lowest BCUT2D eigenvalue weighted by Crippen LogP contribution is -2.44. The molecule has 4 rings (SSSR count). The fraction of sp³-hybridized carbons (Fsp3) is 0.609. The Kier molecular flexibility index (Phi) is 8.30. The third-order valence-corrected chi connectivity index (χ3v) is 7.02. The summed E-state index contributed by atoms with van der Waals surface area (Å²) >= 11 is 0. The lowest BCUT2D eigenvalue weighted by Gasteiger charge is -2.27. The number of nitrogens with two attached hydrogens (primary N) is 1. The maximum absolute atomic E-state index is 6.49. The van der Waals surface area contributed by atoms with Crippen LogP contribution in [-0.2, 0) is 6.42 Å². The van der Waals surface area contributed by atoms with Crippen LogP contribution in [0.2, 0.25) is 0 Å². The van der Waals surface area contributed by atoms with E-state index in [9.17, 15) is 0 Å². The second-order valence-electron chi connectivity index (χ2n) is 8.95. The van der Waals surface area contributed by atoms with E-state index in [0.717, 1.165) is 51.1 Å². The molecule has 180 valence electrons. The molecule has 2 aliphatic rings. The standard InChI is InChI=1S/C23H38N9P/c1-3-8-17-10-11-18(15-20(17)33)25-21-26-22(29-31-13-5-6-14-31)28-23(27-21)32(24)16-19-9-7-12-30(19)4-2/h10-11,15,19H,3-9,12-14,16,24,33H2,1-2H3,(H2,25,26,27,28,29). The maximum Gasteiger partial charge on any atom is 0.246 e. The van der Waals surface area contributed by atoms with Gasteiger partial charge in [-0.2, -0.15) is 15.0 Å². The molecule has 3 heterocycles. The molecule has 10 heteroatoms. The quantitative estimate of drug-likeness (QED) is 0.274. The number of hydrogen-bond donors (Lipinski definition) is 3. The van der Waals surface area contributed by atoms with Crippen LogP contribution >= 0.6 is 9.24 Å². The SMILES string of the molecule is CCCc1ccc(Nc2nc(NN3CCCC3)nc(N(N)CC3CCCN3CC)n2)cc1P. The van der Waals surface area contributed by atoms with Gasteiger partial charge in [-0.15, -0.1) is 9.24 Å². The molecule has 9 nitrogen and oxygen atoms in total. The number of likely N-dealkylation sites (N-methyl/N-ethyl adjacent to an activating group) is 1. The van der Waals surface area contributed by atoms with E-state index >= 15 is 0 Å². The van der Waals surface area contributed by atoms with Crippen LogP contribution in [0.1, 0.15) is 51.5 Å². The van der Waals surface area contributed by atoms with Crippen molar-refractivity contribution in [2.24, 2.45) is 5.84 Å². The lowest BCUT2D eigenvalue weighted by molar-refractivity contribution is 0.268. The van der Waals surface area contributed by atoms with E-state index in [4.69, 9.17) is 5.84 Å². The van der Waals surface area contributed by atoms with Gasteiger partial charge >= 0.3 is 0 Å². The van der Waals surface area contributed by atoms with Crippen LogP contribution < -0.4 is 26.9 Å². The largest absolute Gasteiger partial charge is 0.324 e. The van der Waals surface area contributed by atoms with Crippen molar-refractivity contribution in [3.8, 4) is 0 Å². The highest BCUT2D eigenvalue weighted by Gasteiger charge is 2.26. The van der Waals surface area contributed by atoms with Gasteiger partial charge in [0.2, 0.25) is 17.8 Å². The van der Waals surface area contributed by atoms with Crippen molar-refractivity contribution in [3.63, 3.8) is 0 Å². The average molecular weight is 472 g/mol. The predicted octanol–water partition coefficient (Wildman–Crippen LogP) is 2.66. The lowest BCUT2D eigenvalue weighted by atomic mass is 10.1. The number of hydrogen-bond acceptors (Lipinski definition) is 9. The second-order valence-corrected chi connectivity index (χ2v) is 9.58. The molecule has 0 radical (unpaired) electrons. The fourth-order valence-corrected chi connectivity index (χ4v) is 5.12. The third-order valence-electron chi connectivity index (χ3n) is 6.48. The highest BCUT2D eigenvalue weighted by Crippen LogP contribution is 2.22. The fourth-order valence-electron chi connectivity index (χ4n) is 4.70. The minimum Gasteiger partial charge on any atom is -0.324 e. The van der Waals surface area contributed by atoms with Gasteiger partial charge in [0.1, 0.15) is 0 Å². The number of nitrogens with zero attached hydrogens (tertiary/aromatic N) is 6. The Morgan fingerprint density at radius 2 is 1.88 bits per heavy atom. The normalized spacial score (nSPS) is 19.2. The molecule has 2 atom stereocenters. The number of anilines is 4. The van der Waals surface area contributed by atoms with Crippen molar-refractivity contribution in [2.75, 3.05) is 48.5 Å². The number of nitrogens with one attached hydrogen (secondary N) is 2. The van der Waals surface area contributed by atoms with Gasteiger partial charge in [-0.1, -0.05) is 26.3 Å². The van der Waals surface area contributed by atoms with Gasteiger partial charge < -0.3 is 5.32 Å². The number of aromatic nitrogens is 3. The monoisotopic (exact) mass is 471 g/mol. The molecule has 0 aliphatic carbocycles. The van der Waals surface area contributed by atoms with Gasteiger partial charge in [0.15, 0.2) is 0 Å². The molecule has 0 saturated carbocycles. The zero-order valence-electron chi connectivity index (χ0n) is 19.9. The second kappa shape index (κ2) is 11.4. The first-order valence-corrected chi connectivity index (χ1v) is 12.8. The van der Waals surface area contributed by atoms with Gasteiger partial charge in [-0.25, -0.2) is 10.9 Å². The van der Waals surface area contributed by atoms with Crippen molar-refractivity contribution in [3.05, 3.63) is 23.8 Å². The number of aryl methyl sites for hydroxylation is 1. The molecule has 1 aromatic heterocycles. The molecule has 4 N–H and O–H groups in total. The van der Waals surface area contributed by atoms with Gasteiger partial charge in [-0.05, 0) is 68.2 Å². The number of likely N-dealkylation sites (tertiary alicyclic amines) is 1. The molecule has 2 fully saturated rings. The number of hydrazine groups is 2. The van der Waals surface area contributed by atoms with E-state index in [1.807, 2.05) is 0 Å². The highest BCUT2D eigenvalue weighted by atomic mass is 31.0. The molecule has 1 aromatic carbocycles. The first kappa shape index (κ1) is 24.1. The Balaban J connectivity index is 1.55. The first-order chi connectivity index (χ1) is 16.1. The maximum atomic E-state index is 6.49. The van der Waals surface area contributed by atoms with Crippen LogP contribution in [-0.4, -0.2) is 63.6 Å². The van der Waals surface area contributed by atoms with Crippen molar-refractivity contribution in [2.45, 2.75) is 58.4 Å². The zero-order chi connectivity index (χ0) is 23.2. The van der Waals surface area contributed by atoms with Crippen molar-refractivity contribution in [1.82, 2.24) is 24.9 Å². The molecule has 2 aliphatic heterocycles. The van der Waals surface area contributed by atoms with Crippen LogP contribution in [0, 0.1) is 0 Å². The van der Waals surface area contributed by atoms with E-state index in [0.29, 0.717) is 30.4 Å². The topological polar surface area (TPSA) is 98.5 Å². The molecular formula is C23H38N9P. The van der Waals surface area contributed by atoms with Gasteiger partial charge in [0.25, 0.3) is 0 Å². The summed E-state index contributed by atoms with van der Waals surface area (Å²) in [5.41, 5.74) is 5.63. The summed E-state index contributed by atoms with van der Waals surface area (Å²) in [5.74, 6) is 7.98.